The van der Waals surface area contributed by atoms with Gasteiger partial charge in [-0.05, 0) is 43.1 Å². The first kappa shape index (κ1) is 13.2. The van der Waals surface area contributed by atoms with Gasteiger partial charge in [-0.15, -0.1) is 0 Å². The summed E-state index contributed by atoms with van der Waals surface area (Å²) in [6, 6.07) is 10.6. The lowest BCUT2D eigenvalue weighted by Crippen LogP contribution is -2.09. The molecule has 1 aromatic rings. The van der Waals surface area contributed by atoms with Gasteiger partial charge in [-0.25, -0.2) is 0 Å². The van der Waals surface area contributed by atoms with Crippen LogP contribution in [0.4, 0.5) is 0 Å². The minimum atomic E-state index is 0.340. The van der Waals surface area contributed by atoms with Crippen molar-refractivity contribution in [3.63, 3.8) is 0 Å². The highest BCUT2D eigenvalue weighted by Gasteiger charge is 2.09. The van der Waals surface area contributed by atoms with Crippen molar-refractivity contribution in [1.82, 2.24) is 0 Å². The molecule has 0 radical (unpaired) electrons. The first-order chi connectivity index (χ1) is 7.72. The van der Waals surface area contributed by atoms with Crippen molar-refractivity contribution in [2.45, 2.75) is 39.5 Å². The van der Waals surface area contributed by atoms with E-state index < -0.39 is 0 Å². The predicted molar refractivity (Wildman–Crippen MR) is 69.4 cm³/mol. The van der Waals surface area contributed by atoms with Gasteiger partial charge in [0.05, 0.1) is 0 Å². The van der Waals surface area contributed by atoms with Crippen LogP contribution >= 0.6 is 0 Å². The Labute approximate surface area is 99.5 Å². The van der Waals surface area contributed by atoms with Gasteiger partial charge >= 0.3 is 0 Å². The minimum absolute atomic E-state index is 0.340. The molecule has 0 aliphatic carbocycles. The van der Waals surface area contributed by atoms with E-state index in [1.807, 2.05) is 0 Å². The second-order valence-electron chi connectivity index (χ2n) is 5.06. The highest BCUT2D eigenvalue weighted by molar-refractivity contribution is 5.14. The van der Waals surface area contributed by atoms with E-state index in [4.69, 9.17) is 0 Å². The van der Waals surface area contributed by atoms with Crippen LogP contribution in [-0.2, 0) is 6.42 Å². The van der Waals surface area contributed by atoms with Crippen LogP contribution in [0, 0.1) is 11.8 Å². The first-order valence-electron chi connectivity index (χ1n) is 6.37. The van der Waals surface area contributed by atoms with Crippen molar-refractivity contribution < 1.29 is 5.11 Å². The van der Waals surface area contributed by atoms with E-state index in [1.165, 1.54) is 12.0 Å². The maximum Gasteiger partial charge on any atom is 0.0459 e. The van der Waals surface area contributed by atoms with E-state index in [-0.39, 0.29) is 0 Å². The minimum Gasteiger partial charge on any atom is -0.396 e. The van der Waals surface area contributed by atoms with Gasteiger partial charge in [-0.3, -0.25) is 0 Å². The maximum atomic E-state index is 9.27. The summed E-state index contributed by atoms with van der Waals surface area (Å²) in [6.45, 7) is 4.78. The van der Waals surface area contributed by atoms with E-state index in [9.17, 15) is 5.11 Å². The van der Waals surface area contributed by atoms with Crippen molar-refractivity contribution in [3.05, 3.63) is 35.9 Å². The van der Waals surface area contributed by atoms with Crippen LogP contribution in [0.25, 0.3) is 0 Å². The molecule has 1 atom stereocenters. The number of rotatable bonds is 7. The van der Waals surface area contributed by atoms with Gasteiger partial charge in [0.15, 0.2) is 0 Å². The van der Waals surface area contributed by atoms with Crippen LogP contribution in [0.2, 0.25) is 0 Å². The van der Waals surface area contributed by atoms with Crippen LogP contribution in [-0.4, -0.2) is 11.7 Å². The van der Waals surface area contributed by atoms with E-state index in [1.54, 1.807) is 0 Å². The fourth-order valence-electron chi connectivity index (χ4n) is 2.19. The predicted octanol–water partition coefficient (Wildman–Crippen LogP) is 3.66. The summed E-state index contributed by atoms with van der Waals surface area (Å²) in [5, 5.41) is 9.27. The number of hydrogen-bond donors (Lipinski definition) is 1. The molecule has 0 amide bonds. The molecule has 0 saturated carbocycles. The van der Waals surface area contributed by atoms with E-state index in [0.29, 0.717) is 18.4 Å². The van der Waals surface area contributed by atoms with Gasteiger partial charge in [0, 0.05) is 6.61 Å². The molecule has 0 aliphatic heterocycles. The summed E-state index contributed by atoms with van der Waals surface area (Å²) < 4.78 is 0. The lowest BCUT2D eigenvalue weighted by Gasteiger charge is -2.16. The first-order valence-corrected chi connectivity index (χ1v) is 6.37. The molecule has 1 N–H and O–H groups in total. The zero-order valence-corrected chi connectivity index (χ0v) is 10.5. The highest BCUT2D eigenvalue weighted by atomic mass is 16.3. The Hall–Kier alpha value is -0.820. The molecule has 1 aromatic carbocycles. The molecule has 1 rings (SSSR count). The van der Waals surface area contributed by atoms with Crippen LogP contribution in [0.15, 0.2) is 30.3 Å². The van der Waals surface area contributed by atoms with Gasteiger partial charge in [0.2, 0.25) is 0 Å². The lowest BCUT2D eigenvalue weighted by molar-refractivity contribution is 0.196. The molecule has 0 bridgehead atoms. The lowest BCUT2D eigenvalue weighted by atomic mass is 9.92. The topological polar surface area (TPSA) is 20.2 Å². The third-order valence-electron chi connectivity index (χ3n) is 2.98. The van der Waals surface area contributed by atoms with Gasteiger partial charge in [-0.2, -0.15) is 0 Å². The SMILES string of the molecule is CC(C)CC(CO)CCCc1ccccc1. The van der Waals surface area contributed by atoms with Crippen LogP contribution in [0.3, 0.4) is 0 Å². The molecule has 1 heteroatoms. The maximum absolute atomic E-state index is 9.27. The van der Waals surface area contributed by atoms with Crippen molar-refractivity contribution in [3.8, 4) is 0 Å². The number of benzene rings is 1. The molecule has 0 aliphatic rings. The van der Waals surface area contributed by atoms with Gasteiger partial charge in [0.25, 0.3) is 0 Å². The monoisotopic (exact) mass is 220 g/mol. The highest BCUT2D eigenvalue weighted by Crippen LogP contribution is 2.18. The number of aliphatic hydroxyl groups excluding tert-OH is 1. The number of aliphatic hydroxyl groups is 1. The molecule has 90 valence electrons. The Morgan fingerprint density at radius 1 is 1.12 bits per heavy atom. The van der Waals surface area contributed by atoms with Gasteiger partial charge in [-0.1, -0.05) is 44.2 Å². The van der Waals surface area contributed by atoms with Crippen LogP contribution < -0.4 is 0 Å². The average Bonchev–Trinajstić information content (AvgIpc) is 2.28. The summed E-state index contributed by atoms with van der Waals surface area (Å²) in [5.41, 5.74) is 1.41. The molecule has 16 heavy (non-hydrogen) atoms. The van der Waals surface area contributed by atoms with Gasteiger partial charge < -0.3 is 5.11 Å². The second-order valence-corrected chi connectivity index (χ2v) is 5.06. The number of aryl methyl sites for hydroxylation is 1. The summed E-state index contributed by atoms with van der Waals surface area (Å²) in [4.78, 5) is 0. The van der Waals surface area contributed by atoms with Gasteiger partial charge in [0.1, 0.15) is 0 Å². The normalized spacial score (nSPS) is 13.0. The fraction of sp³-hybridized carbons (Fsp3) is 0.600. The van der Waals surface area contributed by atoms with E-state index >= 15 is 0 Å². The van der Waals surface area contributed by atoms with Crippen LogP contribution in [0.5, 0.6) is 0 Å². The summed E-state index contributed by atoms with van der Waals surface area (Å²) in [5.74, 6) is 1.18. The average molecular weight is 220 g/mol. The smallest absolute Gasteiger partial charge is 0.0459 e. The van der Waals surface area contributed by atoms with Crippen molar-refractivity contribution >= 4 is 0 Å². The molecular weight excluding hydrogens is 196 g/mol. The largest absolute Gasteiger partial charge is 0.396 e. The standard InChI is InChI=1S/C15H24O/c1-13(2)11-15(12-16)10-6-9-14-7-4-3-5-8-14/h3-5,7-8,13,15-16H,6,9-12H2,1-2H3. The molecule has 0 saturated heterocycles. The number of hydrogen-bond acceptors (Lipinski definition) is 1. The third kappa shape index (κ3) is 5.32. The van der Waals surface area contributed by atoms with Crippen molar-refractivity contribution in [2.24, 2.45) is 11.8 Å². The van der Waals surface area contributed by atoms with Crippen LogP contribution in [0.1, 0.15) is 38.7 Å². The Morgan fingerprint density at radius 2 is 1.81 bits per heavy atom. The Kier molecular flexibility index (Phi) is 6.17. The molecular formula is C15H24O. The second kappa shape index (κ2) is 7.45. The molecule has 0 fully saturated rings. The molecule has 0 spiro atoms. The Morgan fingerprint density at radius 3 is 2.38 bits per heavy atom. The Balaban J connectivity index is 2.23. The van der Waals surface area contributed by atoms with Crippen molar-refractivity contribution in [1.29, 1.82) is 0 Å². The van der Waals surface area contributed by atoms with E-state index in [0.717, 1.165) is 19.3 Å². The van der Waals surface area contributed by atoms with E-state index in [2.05, 4.69) is 44.2 Å². The molecule has 1 nitrogen and oxygen atoms in total. The summed E-state index contributed by atoms with van der Waals surface area (Å²) in [7, 11) is 0. The summed E-state index contributed by atoms with van der Waals surface area (Å²) >= 11 is 0. The third-order valence-corrected chi connectivity index (χ3v) is 2.98. The zero-order valence-electron chi connectivity index (χ0n) is 10.5. The molecule has 0 aromatic heterocycles. The summed E-state index contributed by atoms with van der Waals surface area (Å²) in [6.07, 6.45) is 4.60. The fourth-order valence-corrected chi connectivity index (χ4v) is 2.19. The molecule has 1 unspecified atom stereocenters. The molecule has 0 heterocycles. The van der Waals surface area contributed by atoms with Crippen molar-refractivity contribution in [2.75, 3.05) is 6.61 Å². The zero-order chi connectivity index (χ0) is 11.8. The quantitative estimate of drug-likeness (QED) is 0.743. The Bertz CT molecular complexity index is 266.